The minimum atomic E-state index is -0.291. The van der Waals surface area contributed by atoms with Crippen LogP contribution in [0.4, 0.5) is 11.5 Å². The number of halogens is 1. The third-order valence-electron chi connectivity index (χ3n) is 5.88. The molecule has 7 heteroatoms. The number of fused-ring (bicyclic) bond motifs is 1. The van der Waals surface area contributed by atoms with Crippen molar-refractivity contribution in [3.05, 3.63) is 38.1 Å². The minimum absolute atomic E-state index is 0.0328. The first kappa shape index (κ1) is 20.9. The smallest absolute Gasteiger partial charge is 0.308 e. The molecular formula is C23H25IN4O2. The summed E-state index contributed by atoms with van der Waals surface area (Å²) in [4.78, 5) is 28.8. The SMILES string of the molecule is CC#CC(=O)N(c1cc(C)c(I)cc1C1CC1)c1nn(C)c2c1CN(C(C)=O)CC2. The van der Waals surface area contributed by atoms with Gasteiger partial charge >= 0.3 is 5.91 Å². The second-order valence-corrected chi connectivity index (χ2v) is 9.18. The van der Waals surface area contributed by atoms with E-state index in [0.29, 0.717) is 24.8 Å². The number of hydrogen-bond donors (Lipinski definition) is 0. The predicted octanol–water partition coefficient (Wildman–Crippen LogP) is 3.80. The standard InChI is InChI=1S/C23H25IN4O2/c1-5-6-22(30)28(21-11-14(2)19(24)12-17(21)16-7-8-16)23-18-13-27(15(3)29)10-9-20(18)26(4)25-23/h11-12,16H,7-10,13H2,1-4H3. The monoisotopic (exact) mass is 516 g/mol. The van der Waals surface area contributed by atoms with Crippen molar-refractivity contribution in [3.8, 4) is 11.8 Å². The van der Waals surface area contributed by atoms with Crippen LogP contribution in [0.25, 0.3) is 0 Å². The summed E-state index contributed by atoms with van der Waals surface area (Å²) in [6.07, 6.45) is 2.99. The van der Waals surface area contributed by atoms with Gasteiger partial charge in [-0.1, -0.05) is 5.92 Å². The van der Waals surface area contributed by atoms with Gasteiger partial charge < -0.3 is 4.90 Å². The molecule has 0 radical (unpaired) electrons. The van der Waals surface area contributed by atoms with Crippen molar-refractivity contribution in [2.45, 2.75) is 52.5 Å². The molecule has 1 aromatic carbocycles. The van der Waals surface area contributed by atoms with Gasteiger partial charge in [-0.25, -0.2) is 0 Å². The molecule has 0 spiro atoms. The number of rotatable bonds is 3. The average Bonchev–Trinajstić information content (AvgIpc) is 3.49. The molecule has 6 nitrogen and oxygen atoms in total. The Morgan fingerprint density at radius 1 is 1.30 bits per heavy atom. The van der Waals surface area contributed by atoms with Gasteiger partial charge in [-0.2, -0.15) is 5.10 Å². The van der Waals surface area contributed by atoms with E-state index in [-0.39, 0.29) is 11.8 Å². The molecule has 0 saturated heterocycles. The first-order valence-electron chi connectivity index (χ1n) is 10.2. The van der Waals surface area contributed by atoms with Crippen LogP contribution in [0, 0.1) is 22.3 Å². The van der Waals surface area contributed by atoms with Gasteiger partial charge in [-0.3, -0.25) is 19.2 Å². The summed E-state index contributed by atoms with van der Waals surface area (Å²) in [5.74, 6) is 6.27. The number of benzene rings is 1. The number of amides is 2. The van der Waals surface area contributed by atoms with Gasteiger partial charge in [0.25, 0.3) is 0 Å². The molecule has 156 valence electrons. The summed E-state index contributed by atoms with van der Waals surface area (Å²) in [5.41, 5.74) is 5.16. The Kier molecular flexibility index (Phi) is 5.62. The Bertz CT molecular complexity index is 1100. The fourth-order valence-corrected chi connectivity index (χ4v) is 4.59. The van der Waals surface area contributed by atoms with Crippen molar-refractivity contribution in [1.82, 2.24) is 14.7 Å². The summed E-state index contributed by atoms with van der Waals surface area (Å²) in [6, 6.07) is 4.27. The summed E-state index contributed by atoms with van der Waals surface area (Å²) in [5, 5.41) is 4.75. The molecule has 4 rings (SSSR count). The lowest BCUT2D eigenvalue weighted by molar-refractivity contribution is -0.129. The first-order valence-corrected chi connectivity index (χ1v) is 11.3. The molecule has 0 unspecified atom stereocenters. The molecule has 0 N–H and O–H groups in total. The van der Waals surface area contributed by atoms with Gasteiger partial charge in [0.15, 0.2) is 5.82 Å². The maximum Gasteiger partial charge on any atom is 0.308 e. The van der Waals surface area contributed by atoms with E-state index in [4.69, 9.17) is 5.10 Å². The molecule has 0 atom stereocenters. The molecule has 2 aliphatic rings. The summed E-state index contributed by atoms with van der Waals surface area (Å²) >= 11 is 2.35. The lowest BCUT2D eigenvalue weighted by atomic mass is 10.0. The topological polar surface area (TPSA) is 58.4 Å². The van der Waals surface area contributed by atoms with E-state index in [2.05, 4.69) is 53.5 Å². The van der Waals surface area contributed by atoms with Crippen molar-refractivity contribution in [2.75, 3.05) is 11.4 Å². The van der Waals surface area contributed by atoms with Crippen LogP contribution < -0.4 is 4.90 Å². The minimum Gasteiger partial charge on any atom is -0.338 e. The summed E-state index contributed by atoms with van der Waals surface area (Å²) in [6.45, 7) is 6.43. The molecule has 1 aromatic heterocycles. The van der Waals surface area contributed by atoms with Gasteiger partial charge in [0.05, 0.1) is 12.2 Å². The Hall–Kier alpha value is -2.34. The zero-order chi connectivity index (χ0) is 21.6. The highest BCUT2D eigenvalue weighted by Gasteiger charge is 2.35. The Balaban J connectivity index is 1.91. The third kappa shape index (κ3) is 3.73. The number of nitrogens with zero attached hydrogens (tertiary/aromatic N) is 4. The quantitative estimate of drug-likeness (QED) is 0.461. The summed E-state index contributed by atoms with van der Waals surface area (Å²) < 4.78 is 3.04. The van der Waals surface area contributed by atoms with Gasteiger partial charge in [0.1, 0.15) is 0 Å². The molecule has 1 saturated carbocycles. The molecule has 1 aliphatic heterocycles. The summed E-state index contributed by atoms with van der Waals surface area (Å²) in [7, 11) is 1.90. The second kappa shape index (κ2) is 8.06. The normalized spacial score (nSPS) is 15.3. The van der Waals surface area contributed by atoms with E-state index in [9.17, 15) is 9.59 Å². The van der Waals surface area contributed by atoms with Gasteiger partial charge in [-0.15, -0.1) is 0 Å². The van der Waals surface area contributed by atoms with Crippen LogP contribution in [0.1, 0.15) is 55.0 Å². The second-order valence-electron chi connectivity index (χ2n) is 8.01. The first-order chi connectivity index (χ1) is 14.3. The molecule has 1 aliphatic carbocycles. The predicted molar refractivity (Wildman–Crippen MR) is 124 cm³/mol. The van der Waals surface area contributed by atoms with Crippen molar-refractivity contribution in [1.29, 1.82) is 0 Å². The zero-order valence-electron chi connectivity index (χ0n) is 17.8. The fraction of sp³-hybridized carbons (Fsp3) is 0.435. The van der Waals surface area contributed by atoms with E-state index >= 15 is 0 Å². The van der Waals surface area contributed by atoms with E-state index in [1.54, 1.807) is 18.7 Å². The fourth-order valence-electron chi connectivity index (χ4n) is 4.10. The number of aromatic nitrogens is 2. The van der Waals surface area contributed by atoms with Crippen LogP contribution in [0.2, 0.25) is 0 Å². The Morgan fingerprint density at radius 3 is 2.67 bits per heavy atom. The molecule has 2 heterocycles. The Labute approximate surface area is 190 Å². The maximum atomic E-state index is 13.3. The molecule has 1 fully saturated rings. The largest absolute Gasteiger partial charge is 0.338 e. The van der Waals surface area contributed by atoms with E-state index in [1.165, 1.54) is 9.13 Å². The highest BCUT2D eigenvalue weighted by molar-refractivity contribution is 14.1. The number of aryl methyl sites for hydroxylation is 2. The van der Waals surface area contributed by atoms with Crippen LogP contribution in [0.5, 0.6) is 0 Å². The van der Waals surface area contributed by atoms with Crippen molar-refractivity contribution < 1.29 is 9.59 Å². The number of hydrogen-bond acceptors (Lipinski definition) is 3. The number of carbonyl (C=O) groups excluding carboxylic acids is 2. The highest BCUT2D eigenvalue weighted by Crippen LogP contribution is 2.47. The van der Waals surface area contributed by atoms with Crippen LogP contribution in [0.3, 0.4) is 0 Å². The molecule has 2 aromatic rings. The van der Waals surface area contributed by atoms with E-state index in [0.717, 1.165) is 41.8 Å². The van der Waals surface area contributed by atoms with Gasteiger partial charge in [0.2, 0.25) is 5.91 Å². The van der Waals surface area contributed by atoms with Crippen molar-refractivity contribution >= 4 is 45.9 Å². The maximum absolute atomic E-state index is 13.3. The zero-order valence-corrected chi connectivity index (χ0v) is 19.9. The lowest BCUT2D eigenvalue weighted by Gasteiger charge is -2.29. The lowest BCUT2D eigenvalue weighted by Crippen LogP contribution is -2.35. The van der Waals surface area contributed by atoms with E-state index in [1.807, 2.05) is 16.6 Å². The van der Waals surface area contributed by atoms with E-state index < -0.39 is 0 Å². The molecular weight excluding hydrogens is 491 g/mol. The number of carbonyl (C=O) groups is 2. The van der Waals surface area contributed by atoms with Crippen LogP contribution in [-0.4, -0.2) is 33.0 Å². The Morgan fingerprint density at radius 2 is 2.03 bits per heavy atom. The third-order valence-corrected chi connectivity index (χ3v) is 7.04. The highest BCUT2D eigenvalue weighted by atomic mass is 127. The van der Waals surface area contributed by atoms with Crippen LogP contribution >= 0.6 is 22.6 Å². The average molecular weight is 516 g/mol. The van der Waals surface area contributed by atoms with Crippen LogP contribution in [0.15, 0.2) is 12.1 Å². The van der Waals surface area contributed by atoms with Crippen LogP contribution in [-0.2, 0) is 29.6 Å². The van der Waals surface area contributed by atoms with Crippen molar-refractivity contribution in [3.63, 3.8) is 0 Å². The molecule has 30 heavy (non-hydrogen) atoms. The molecule has 2 amide bonds. The van der Waals surface area contributed by atoms with Gasteiger partial charge in [0, 0.05) is 41.8 Å². The molecule has 0 bridgehead atoms. The van der Waals surface area contributed by atoms with Gasteiger partial charge in [-0.05, 0) is 84.4 Å². The van der Waals surface area contributed by atoms with Crippen molar-refractivity contribution in [2.24, 2.45) is 7.05 Å². The number of anilines is 2.